The quantitative estimate of drug-likeness (QED) is 0.827. The van der Waals surface area contributed by atoms with Gasteiger partial charge in [0.2, 0.25) is 0 Å². The van der Waals surface area contributed by atoms with Crippen LogP contribution in [0.1, 0.15) is 45.8 Å². The second kappa shape index (κ2) is 5.84. The van der Waals surface area contributed by atoms with Crippen LogP contribution in [0.15, 0.2) is 6.07 Å². The maximum absolute atomic E-state index is 12.4. The molecule has 20 heavy (non-hydrogen) atoms. The molecule has 1 aromatic rings. The maximum atomic E-state index is 12.4. The van der Waals surface area contributed by atoms with E-state index >= 15 is 0 Å². The number of amides is 1. The van der Waals surface area contributed by atoms with Gasteiger partial charge >= 0.3 is 0 Å². The lowest BCUT2D eigenvalue weighted by Crippen LogP contribution is -2.29. The Labute approximate surface area is 123 Å². The molecule has 2 aliphatic rings. The molecule has 2 N–H and O–H groups in total. The molecule has 2 unspecified atom stereocenters. The van der Waals surface area contributed by atoms with Gasteiger partial charge in [-0.2, -0.15) is 0 Å². The fourth-order valence-electron chi connectivity index (χ4n) is 3.04. The van der Waals surface area contributed by atoms with Crippen LogP contribution in [0.3, 0.4) is 0 Å². The second-order valence-electron chi connectivity index (χ2n) is 5.82. The minimum absolute atomic E-state index is 0.0441. The van der Waals surface area contributed by atoms with Crippen LogP contribution in [0.2, 0.25) is 0 Å². The molecular formula is C15H21NO3S. The molecule has 0 spiro atoms. The number of aliphatic hydroxyl groups is 2. The van der Waals surface area contributed by atoms with Gasteiger partial charge in [-0.25, -0.2) is 0 Å². The number of rotatable bonds is 1. The molecule has 1 amide bonds. The van der Waals surface area contributed by atoms with Crippen molar-refractivity contribution in [1.82, 2.24) is 4.90 Å². The van der Waals surface area contributed by atoms with E-state index in [0.717, 1.165) is 17.7 Å². The molecule has 3 rings (SSSR count). The van der Waals surface area contributed by atoms with Crippen LogP contribution in [0.4, 0.5) is 0 Å². The predicted octanol–water partition coefficient (Wildman–Crippen LogP) is 1.58. The summed E-state index contributed by atoms with van der Waals surface area (Å²) in [5.41, 5.74) is 1.33. The Morgan fingerprint density at radius 1 is 1.10 bits per heavy atom. The third kappa shape index (κ3) is 2.75. The van der Waals surface area contributed by atoms with Crippen molar-refractivity contribution in [3.8, 4) is 0 Å². The Hall–Kier alpha value is -0.910. The number of carbonyl (C=O) groups excluding carboxylic acids is 1. The summed E-state index contributed by atoms with van der Waals surface area (Å²) in [4.78, 5) is 16.1. The van der Waals surface area contributed by atoms with Crippen molar-refractivity contribution >= 4 is 17.2 Å². The highest BCUT2D eigenvalue weighted by atomic mass is 32.1. The number of hydrogen-bond donors (Lipinski definition) is 2. The van der Waals surface area contributed by atoms with Gasteiger partial charge in [0, 0.05) is 18.0 Å². The van der Waals surface area contributed by atoms with Crippen molar-refractivity contribution < 1.29 is 15.0 Å². The normalized spacial score (nSPS) is 27.0. The molecule has 0 radical (unpaired) electrons. The molecule has 0 bridgehead atoms. The Bertz CT molecular complexity index is 464. The van der Waals surface area contributed by atoms with E-state index in [0.29, 0.717) is 0 Å². The fraction of sp³-hybridized carbons (Fsp3) is 0.667. The summed E-state index contributed by atoms with van der Waals surface area (Å²) in [5, 5.41) is 19.1. The number of hydrogen-bond acceptors (Lipinski definition) is 4. The van der Waals surface area contributed by atoms with Crippen molar-refractivity contribution in [2.24, 2.45) is 0 Å². The van der Waals surface area contributed by atoms with Gasteiger partial charge in [-0.1, -0.05) is 12.8 Å². The number of fused-ring (bicyclic) bond motifs is 1. The summed E-state index contributed by atoms with van der Waals surface area (Å²) in [5.74, 6) is -0.0441. The summed E-state index contributed by atoms with van der Waals surface area (Å²) in [6.07, 6.45) is 5.53. The minimum Gasteiger partial charge on any atom is -0.388 e. The number of β-amino-alcohol motifs (C(OH)–C–C–N with tert-alkyl or cyclic N) is 2. The lowest BCUT2D eigenvalue weighted by Gasteiger charge is -2.13. The highest BCUT2D eigenvalue weighted by Crippen LogP contribution is 2.29. The van der Waals surface area contributed by atoms with Crippen LogP contribution in [-0.4, -0.2) is 46.3 Å². The maximum Gasteiger partial charge on any atom is 0.264 e. The average molecular weight is 295 g/mol. The van der Waals surface area contributed by atoms with Crippen LogP contribution in [0, 0.1) is 0 Å². The lowest BCUT2D eigenvalue weighted by molar-refractivity contribution is 0.0572. The molecule has 2 atom stereocenters. The van der Waals surface area contributed by atoms with Crippen LogP contribution < -0.4 is 0 Å². The first-order chi connectivity index (χ1) is 9.65. The average Bonchev–Trinajstić information content (AvgIpc) is 2.93. The number of aryl methyl sites for hydroxylation is 2. The zero-order chi connectivity index (χ0) is 14.1. The zero-order valence-electron chi connectivity index (χ0n) is 11.5. The Kier molecular flexibility index (Phi) is 4.10. The topological polar surface area (TPSA) is 60.8 Å². The van der Waals surface area contributed by atoms with Crippen molar-refractivity contribution in [1.29, 1.82) is 0 Å². The Morgan fingerprint density at radius 2 is 1.75 bits per heavy atom. The number of aliphatic hydroxyl groups excluding tert-OH is 2. The van der Waals surface area contributed by atoms with E-state index in [-0.39, 0.29) is 19.0 Å². The van der Waals surface area contributed by atoms with E-state index in [9.17, 15) is 15.0 Å². The number of thiophene rings is 1. The summed E-state index contributed by atoms with van der Waals surface area (Å²) in [6.45, 7) is 0.477. The van der Waals surface area contributed by atoms with Crippen LogP contribution in [0.25, 0.3) is 0 Å². The first-order valence-electron chi connectivity index (χ1n) is 7.42. The number of likely N-dealkylation sites (tertiary alicyclic amines) is 1. The lowest BCUT2D eigenvalue weighted by atomic mass is 10.00. The molecule has 1 fully saturated rings. The summed E-state index contributed by atoms with van der Waals surface area (Å²) in [7, 11) is 0. The van der Waals surface area contributed by atoms with Crippen molar-refractivity contribution in [2.75, 3.05) is 13.1 Å². The van der Waals surface area contributed by atoms with Crippen LogP contribution in [0.5, 0.6) is 0 Å². The first kappa shape index (κ1) is 14.0. The predicted molar refractivity (Wildman–Crippen MR) is 78.1 cm³/mol. The van der Waals surface area contributed by atoms with Gasteiger partial charge in [0.15, 0.2) is 0 Å². The molecule has 0 saturated carbocycles. The van der Waals surface area contributed by atoms with E-state index in [1.54, 1.807) is 16.2 Å². The van der Waals surface area contributed by atoms with E-state index in [4.69, 9.17) is 0 Å². The summed E-state index contributed by atoms with van der Waals surface area (Å²) in [6, 6.07) is 2.03. The van der Waals surface area contributed by atoms with Gasteiger partial charge < -0.3 is 15.1 Å². The molecule has 1 aliphatic heterocycles. The first-order valence-corrected chi connectivity index (χ1v) is 8.24. The molecule has 4 nitrogen and oxygen atoms in total. The SMILES string of the molecule is O=C(c1cc2c(s1)CCCCCC2)N1CC(O)C(O)C1. The number of carbonyl (C=O) groups is 1. The zero-order valence-corrected chi connectivity index (χ0v) is 12.4. The molecule has 110 valence electrons. The highest BCUT2D eigenvalue weighted by Gasteiger charge is 2.33. The summed E-state index contributed by atoms with van der Waals surface area (Å²) < 4.78 is 0. The van der Waals surface area contributed by atoms with E-state index in [1.807, 2.05) is 6.07 Å². The third-order valence-corrected chi connectivity index (χ3v) is 5.48. The highest BCUT2D eigenvalue weighted by molar-refractivity contribution is 7.14. The third-order valence-electron chi connectivity index (χ3n) is 4.25. The van der Waals surface area contributed by atoms with Crippen LogP contribution >= 0.6 is 11.3 Å². The van der Waals surface area contributed by atoms with Crippen molar-refractivity contribution in [3.63, 3.8) is 0 Å². The molecular weight excluding hydrogens is 274 g/mol. The minimum atomic E-state index is -0.806. The van der Waals surface area contributed by atoms with E-state index in [1.165, 1.54) is 36.1 Å². The van der Waals surface area contributed by atoms with Gasteiger partial charge in [0.25, 0.3) is 5.91 Å². The smallest absolute Gasteiger partial charge is 0.264 e. The molecule has 2 heterocycles. The Balaban J connectivity index is 1.77. The monoisotopic (exact) mass is 295 g/mol. The van der Waals surface area contributed by atoms with Gasteiger partial charge in [0.05, 0.1) is 17.1 Å². The van der Waals surface area contributed by atoms with Gasteiger partial charge in [-0.05, 0) is 37.3 Å². The van der Waals surface area contributed by atoms with Crippen molar-refractivity contribution in [3.05, 3.63) is 21.4 Å². The van der Waals surface area contributed by atoms with Gasteiger partial charge in [-0.3, -0.25) is 4.79 Å². The molecule has 1 aromatic heterocycles. The molecule has 5 heteroatoms. The molecule has 1 aliphatic carbocycles. The second-order valence-corrected chi connectivity index (χ2v) is 6.95. The molecule has 1 saturated heterocycles. The Morgan fingerprint density at radius 3 is 2.45 bits per heavy atom. The van der Waals surface area contributed by atoms with Gasteiger partial charge in [-0.15, -0.1) is 11.3 Å². The standard InChI is InChI=1S/C15H21NO3S/c17-11-8-16(9-12(11)18)15(19)14-7-10-5-3-1-2-4-6-13(10)20-14/h7,11-12,17-18H,1-6,8-9H2. The van der Waals surface area contributed by atoms with Crippen LogP contribution in [-0.2, 0) is 12.8 Å². The fourth-order valence-corrected chi connectivity index (χ4v) is 4.26. The van der Waals surface area contributed by atoms with E-state index < -0.39 is 12.2 Å². The number of nitrogens with zero attached hydrogens (tertiary/aromatic N) is 1. The largest absolute Gasteiger partial charge is 0.388 e. The van der Waals surface area contributed by atoms with Crippen molar-refractivity contribution in [2.45, 2.75) is 50.7 Å². The van der Waals surface area contributed by atoms with Gasteiger partial charge in [0.1, 0.15) is 0 Å². The molecule has 0 aromatic carbocycles. The van der Waals surface area contributed by atoms with E-state index in [2.05, 4.69) is 0 Å². The summed E-state index contributed by atoms with van der Waals surface area (Å²) >= 11 is 1.60.